The van der Waals surface area contributed by atoms with Crippen molar-refractivity contribution in [1.82, 2.24) is 25.3 Å². The smallest absolute Gasteiger partial charge is 0.226 e. The lowest BCUT2D eigenvalue weighted by atomic mass is 9.64. The summed E-state index contributed by atoms with van der Waals surface area (Å²) in [5.41, 5.74) is 3.10. The van der Waals surface area contributed by atoms with Gasteiger partial charge in [0, 0.05) is 62.0 Å². The molecule has 3 unspecified atom stereocenters. The molecule has 4 bridgehead atoms. The van der Waals surface area contributed by atoms with Crippen LogP contribution in [0, 0.1) is 5.92 Å². The van der Waals surface area contributed by atoms with Gasteiger partial charge < -0.3 is 15.1 Å². The number of amides is 1. The number of aromatic nitrogens is 2. The average Bonchev–Trinajstić information content (AvgIpc) is 2.99. The van der Waals surface area contributed by atoms with Gasteiger partial charge in [-0.25, -0.2) is 0 Å². The van der Waals surface area contributed by atoms with Crippen molar-refractivity contribution in [3.63, 3.8) is 0 Å². The van der Waals surface area contributed by atoms with E-state index in [2.05, 4.69) is 55.6 Å². The quantitative estimate of drug-likeness (QED) is 0.700. The van der Waals surface area contributed by atoms with Crippen molar-refractivity contribution in [3.05, 3.63) is 65.9 Å². The van der Waals surface area contributed by atoms with Crippen LogP contribution in [0.4, 0.5) is 0 Å². The lowest BCUT2D eigenvalue weighted by Gasteiger charge is -2.55. The van der Waals surface area contributed by atoms with Gasteiger partial charge in [0.2, 0.25) is 5.91 Å². The summed E-state index contributed by atoms with van der Waals surface area (Å²) in [6.45, 7) is 6.44. The van der Waals surface area contributed by atoms with E-state index in [-0.39, 0.29) is 17.4 Å². The first kappa shape index (κ1) is 18.1. The van der Waals surface area contributed by atoms with Crippen molar-refractivity contribution < 1.29 is 4.79 Å². The lowest BCUT2D eigenvalue weighted by molar-refractivity contribution is -0.123. The molecule has 1 amide bonds. The summed E-state index contributed by atoms with van der Waals surface area (Å²) < 4.78 is 0. The van der Waals surface area contributed by atoms with Gasteiger partial charge in [-0.15, -0.1) is 0 Å². The molecular formula is C24H27N5O. The minimum atomic E-state index is -0.0510. The maximum atomic E-state index is 13.2. The van der Waals surface area contributed by atoms with E-state index in [4.69, 9.17) is 0 Å². The summed E-state index contributed by atoms with van der Waals surface area (Å²) in [6.07, 6.45) is 0.335. The van der Waals surface area contributed by atoms with Gasteiger partial charge >= 0.3 is 0 Å². The minimum absolute atomic E-state index is 0.0510. The Bertz CT molecular complexity index is 1060. The number of hydrogen-bond donors (Lipinski definition) is 2. The minimum Gasteiger partial charge on any atom is -0.352 e. The zero-order chi connectivity index (χ0) is 20.1. The molecule has 0 aliphatic carbocycles. The number of para-hydroxylation sites is 1. The summed E-state index contributed by atoms with van der Waals surface area (Å²) in [4.78, 5) is 18.4. The summed E-state index contributed by atoms with van der Waals surface area (Å²) in [6, 6.07) is 19.0. The molecule has 4 fully saturated rings. The number of H-pyrrole nitrogens is 1. The molecule has 0 spiro atoms. The van der Waals surface area contributed by atoms with Gasteiger partial charge in [-0.3, -0.25) is 9.89 Å². The van der Waals surface area contributed by atoms with Crippen molar-refractivity contribution in [3.8, 4) is 0 Å². The fourth-order valence-corrected chi connectivity index (χ4v) is 6.10. The molecule has 6 nitrogen and oxygen atoms in total. The number of nitrogens with zero attached hydrogens (tertiary/aromatic N) is 3. The molecule has 6 heteroatoms. The summed E-state index contributed by atoms with van der Waals surface area (Å²) in [5.74, 6) is 0.540. The number of fused-ring (bicyclic) bond motifs is 2. The van der Waals surface area contributed by atoms with Crippen LogP contribution in [0.15, 0.2) is 54.6 Å². The molecule has 3 atom stereocenters. The third kappa shape index (κ3) is 2.86. The molecular weight excluding hydrogens is 374 g/mol. The highest BCUT2D eigenvalue weighted by Crippen LogP contribution is 2.43. The molecule has 4 aliphatic heterocycles. The first-order valence-electron chi connectivity index (χ1n) is 10.9. The highest BCUT2D eigenvalue weighted by atomic mass is 16.1. The zero-order valence-corrected chi connectivity index (χ0v) is 17.1. The Labute approximate surface area is 176 Å². The Kier molecular flexibility index (Phi) is 4.18. The van der Waals surface area contributed by atoms with Gasteiger partial charge in [0.05, 0.1) is 17.6 Å². The Hall–Kier alpha value is -2.70. The predicted molar refractivity (Wildman–Crippen MR) is 116 cm³/mol. The maximum Gasteiger partial charge on any atom is 0.226 e. The highest BCUT2D eigenvalue weighted by molar-refractivity contribution is 5.87. The molecule has 7 rings (SSSR count). The van der Waals surface area contributed by atoms with Gasteiger partial charge in [0.25, 0.3) is 0 Å². The molecule has 4 saturated heterocycles. The molecule has 30 heavy (non-hydrogen) atoms. The third-order valence-electron chi connectivity index (χ3n) is 7.34. The fourth-order valence-electron chi connectivity index (χ4n) is 6.10. The van der Waals surface area contributed by atoms with Crippen molar-refractivity contribution in [1.29, 1.82) is 0 Å². The molecule has 3 aromatic rings. The molecule has 0 radical (unpaired) electrons. The number of aromatic amines is 1. The van der Waals surface area contributed by atoms with Crippen LogP contribution in [0.25, 0.3) is 10.9 Å². The van der Waals surface area contributed by atoms with E-state index < -0.39 is 0 Å². The van der Waals surface area contributed by atoms with Gasteiger partial charge in [0.15, 0.2) is 0 Å². The van der Waals surface area contributed by atoms with E-state index in [0.717, 1.165) is 55.9 Å². The second-order valence-electron chi connectivity index (χ2n) is 9.19. The van der Waals surface area contributed by atoms with Crippen LogP contribution in [-0.4, -0.2) is 71.2 Å². The highest BCUT2D eigenvalue weighted by Gasteiger charge is 2.55. The standard InChI is InChI=1S/C24H27N5O/c30-22(12-21-19-8-4-5-9-20(19)26-27-21)25-23-17-13-28-10-11-29(14-17)16-24(23,15-28)18-6-2-1-3-7-18/h1-9,17,23H,10-16H2,(H,25,30)(H,26,27). The Balaban J connectivity index is 1.31. The van der Waals surface area contributed by atoms with Crippen LogP contribution in [0.1, 0.15) is 11.3 Å². The van der Waals surface area contributed by atoms with Gasteiger partial charge in [-0.2, -0.15) is 5.10 Å². The first-order chi connectivity index (χ1) is 14.7. The van der Waals surface area contributed by atoms with Crippen LogP contribution >= 0.6 is 0 Å². The van der Waals surface area contributed by atoms with E-state index in [1.54, 1.807) is 0 Å². The Morgan fingerprint density at radius 1 is 1.03 bits per heavy atom. The van der Waals surface area contributed by atoms with E-state index in [0.29, 0.717) is 12.3 Å². The SMILES string of the molecule is O=C(Cc1[nH]nc2ccccc12)NC1C2CN3CCN(C2)CC1(c1ccccc1)C3. The largest absolute Gasteiger partial charge is 0.352 e. The fraction of sp³-hybridized carbons (Fsp3) is 0.417. The summed E-state index contributed by atoms with van der Waals surface area (Å²) in [5, 5.41) is 11.9. The molecule has 0 saturated carbocycles. The van der Waals surface area contributed by atoms with Crippen molar-refractivity contribution in [2.45, 2.75) is 17.9 Å². The average molecular weight is 402 g/mol. The van der Waals surface area contributed by atoms with Gasteiger partial charge in [-0.05, 0) is 11.6 Å². The lowest BCUT2D eigenvalue weighted by Crippen LogP contribution is -2.70. The monoisotopic (exact) mass is 401 g/mol. The Morgan fingerprint density at radius 3 is 2.50 bits per heavy atom. The number of nitrogens with one attached hydrogen (secondary N) is 2. The molecule has 5 heterocycles. The van der Waals surface area contributed by atoms with Crippen LogP contribution in [0.5, 0.6) is 0 Å². The third-order valence-corrected chi connectivity index (χ3v) is 7.34. The second-order valence-corrected chi connectivity index (χ2v) is 9.19. The molecule has 2 N–H and O–H groups in total. The van der Waals surface area contributed by atoms with E-state index in [9.17, 15) is 4.79 Å². The Morgan fingerprint density at radius 2 is 1.73 bits per heavy atom. The van der Waals surface area contributed by atoms with E-state index >= 15 is 0 Å². The zero-order valence-electron chi connectivity index (χ0n) is 17.1. The molecule has 4 aliphatic rings. The second kappa shape index (κ2) is 6.93. The van der Waals surface area contributed by atoms with Crippen molar-refractivity contribution in [2.24, 2.45) is 5.92 Å². The number of rotatable bonds is 4. The number of carbonyl (C=O) groups is 1. The number of benzene rings is 2. The van der Waals surface area contributed by atoms with Crippen molar-refractivity contribution >= 4 is 16.8 Å². The van der Waals surface area contributed by atoms with Crippen molar-refractivity contribution in [2.75, 3.05) is 39.3 Å². The maximum absolute atomic E-state index is 13.2. The van der Waals surface area contributed by atoms with Crippen LogP contribution in [0.2, 0.25) is 0 Å². The van der Waals surface area contributed by atoms with Crippen LogP contribution in [-0.2, 0) is 16.6 Å². The molecule has 1 aromatic heterocycles. The predicted octanol–water partition coefficient (Wildman–Crippen LogP) is 1.79. The van der Waals surface area contributed by atoms with Crippen LogP contribution < -0.4 is 5.32 Å². The normalized spacial score (nSPS) is 32.3. The summed E-state index contributed by atoms with van der Waals surface area (Å²) in [7, 11) is 0. The van der Waals surface area contributed by atoms with Gasteiger partial charge in [-0.1, -0.05) is 48.5 Å². The molecule has 154 valence electrons. The van der Waals surface area contributed by atoms with E-state index in [1.807, 2.05) is 24.3 Å². The van der Waals surface area contributed by atoms with Gasteiger partial charge in [0.1, 0.15) is 0 Å². The number of hydrogen-bond acceptors (Lipinski definition) is 4. The first-order valence-corrected chi connectivity index (χ1v) is 10.9. The molecule has 2 aromatic carbocycles. The summed E-state index contributed by atoms with van der Waals surface area (Å²) >= 11 is 0. The van der Waals surface area contributed by atoms with Crippen LogP contribution in [0.3, 0.4) is 0 Å². The number of piperidine rings is 2. The van der Waals surface area contributed by atoms with E-state index in [1.165, 1.54) is 5.56 Å². The topological polar surface area (TPSA) is 64.3 Å². The number of carbonyl (C=O) groups excluding carboxylic acids is 1.